The number of anilines is 1. The average molecular weight is 289 g/mol. The summed E-state index contributed by atoms with van der Waals surface area (Å²) in [5.74, 6) is 0.862. The first-order valence-corrected chi connectivity index (χ1v) is 8.28. The molecule has 4 heteroatoms. The molecule has 0 bridgehead atoms. The maximum absolute atomic E-state index is 12.4. The highest BCUT2D eigenvalue weighted by Gasteiger charge is 2.18. The summed E-state index contributed by atoms with van der Waals surface area (Å²) < 4.78 is 0. The van der Waals surface area contributed by atoms with Gasteiger partial charge in [0.15, 0.2) is 0 Å². The Morgan fingerprint density at radius 1 is 1.24 bits per heavy atom. The number of aryl methyl sites for hydroxylation is 1. The standard InChI is InChI=1S/C17H27N3O/c1-3-7-15-11-13(12-16(19-15)18-10-4-2)17(21)20-14-8-5-6-9-14/h11-12,14H,3-10H2,1-2H3,(H,18,19)(H,20,21). The molecular formula is C17H27N3O. The highest BCUT2D eigenvalue weighted by atomic mass is 16.1. The summed E-state index contributed by atoms with van der Waals surface area (Å²) in [6.07, 6.45) is 7.67. The number of nitrogens with zero attached hydrogens (tertiary/aromatic N) is 1. The second-order valence-corrected chi connectivity index (χ2v) is 5.86. The monoisotopic (exact) mass is 289 g/mol. The molecule has 1 heterocycles. The Morgan fingerprint density at radius 3 is 2.67 bits per heavy atom. The van der Waals surface area contributed by atoms with Crippen molar-refractivity contribution in [3.8, 4) is 0 Å². The van der Waals surface area contributed by atoms with Gasteiger partial charge in [0.25, 0.3) is 5.91 Å². The lowest BCUT2D eigenvalue weighted by Gasteiger charge is -2.14. The van der Waals surface area contributed by atoms with E-state index in [4.69, 9.17) is 0 Å². The van der Waals surface area contributed by atoms with Crippen molar-refractivity contribution in [1.82, 2.24) is 10.3 Å². The van der Waals surface area contributed by atoms with E-state index in [-0.39, 0.29) is 5.91 Å². The molecule has 0 aliphatic heterocycles. The Kier molecular flexibility index (Phi) is 6.03. The van der Waals surface area contributed by atoms with Gasteiger partial charge in [0.05, 0.1) is 0 Å². The molecule has 0 spiro atoms. The molecule has 1 aliphatic carbocycles. The van der Waals surface area contributed by atoms with E-state index < -0.39 is 0 Å². The number of hydrogen-bond donors (Lipinski definition) is 2. The van der Waals surface area contributed by atoms with E-state index in [0.29, 0.717) is 6.04 Å². The van der Waals surface area contributed by atoms with E-state index in [9.17, 15) is 4.79 Å². The van der Waals surface area contributed by atoms with Crippen LogP contribution in [0.25, 0.3) is 0 Å². The molecule has 21 heavy (non-hydrogen) atoms. The van der Waals surface area contributed by atoms with Crippen LogP contribution in [0.2, 0.25) is 0 Å². The fourth-order valence-electron chi connectivity index (χ4n) is 2.79. The Balaban J connectivity index is 2.11. The van der Waals surface area contributed by atoms with Crippen LogP contribution in [0, 0.1) is 0 Å². The zero-order valence-corrected chi connectivity index (χ0v) is 13.2. The summed E-state index contributed by atoms with van der Waals surface area (Å²) in [7, 11) is 0. The highest BCUT2D eigenvalue weighted by Crippen LogP contribution is 2.19. The number of carbonyl (C=O) groups is 1. The van der Waals surface area contributed by atoms with Crippen LogP contribution in [-0.2, 0) is 6.42 Å². The average Bonchev–Trinajstić information content (AvgIpc) is 2.98. The minimum absolute atomic E-state index is 0.0428. The molecule has 0 unspecified atom stereocenters. The predicted molar refractivity (Wildman–Crippen MR) is 86.7 cm³/mol. The lowest BCUT2D eigenvalue weighted by atomic mass is 10.1. The van der Waals surface area contributed by atoms with Crippen LogP contribution in [0.3, 0.4) is 0 Å². The minimum atomic E-state index is 0.0428. The molecule has 116 valence electrons. The lowest BCUT2D eigenvalue weighted by Crippen LogP contribution is -2.32. The van der Waals surface area contributed by atoms with Gasteiger partial charge in [-0.15, -0.1) is 0 Å². The Morgan fingerprint density at radius 2 is 2.00 bits per heavy atom. The number of nitrogens with one attached hydrogen (secondary N) is 2. The summed E-state index contributed by atoms with van der Waals surface area (Å²) in [5.41, 5.74) is 1.73. The Bertz CT molecular complexity index is 467. The molecule has 0 radical (unpaired) electrons. The van der Waals surface area contributed by atoms with Crippen LogP contribution in [0.5, 0.6) is 0 Å². The van der Waals surface area contributed by atoms with Crippen LogP contribution in [-0.4, -0.2) is 23.5 Å². The molecular weight excluding hydrogens is 262 g/mol. The largest absolute Gasteiger partial charge is 0.370 e. The van der Waals surface area contributed by atoms with Crippen LogP contribution in [0.1, 0.15) is 68.4 Å². The Hall–Kier alpha value is -1.58. The summed E-state index contributed by atoms with van der Waals surface area (Å²) in [4.78, 5) is 17.0. The minimum Gasteiger partial charge on any atom is -0.370 e. The molecule has 1 amide bonds. The molecule has 0 saturated heterocycles. The number of amides is 1. The summed E-state index contributed by atoms with van der Waals surface area (Å²) in [6.45, 7) is 5.13. The van der Waals surface area contributed by atoms with Crippen molar-refractivity contribution in [3.63, 3.8) is 0 Å². The first-order valence-electron chi connectivity index (χ1n) is 8.28. The predicted octanol–water partition coefficient (Wildman–Crippen LogP) is 3.53. The number of carbonyl (C=O) groups excluding carboxylic acids is 1. The molecule has 1 aromatic heterocycles. The van der Waals surface area contributed by atoms with Gasteiger partial charge in [-0.3, -0.25) is 4.79 Å². The topological polar surface area (TPSA) is 54.0 Å². The molecule has 2 rings (SSSR count). The van der Waals surface area contributed by atoms with Crippen molar-refractivity contribution in [3.05, 3.63) is 23.4 Å². The molecule has 4 nitrogen and oxygen atoms in total. The van der Waals surface area contributed by atoms with Crippen LogP contribution in [0.15, 0.2) is 12.1 Å². The molecule has 2 N–H and O–H groups in total. The van der Waals surface area contributed by atoms with Gasteiger partial charge in [0.2, 0.25) is 0 Å². The SMILES string of the molecule is CCCNc1cc(C(=O)NC2CCCC2)cc(CCC)n1. The van der Waals surface area contributed by atoms with Crippen LogP contribution >= 0.6 is 0 Å². The number of aromatic nitrogens is 1. The molecule has 1 aliphatic rings. The van der Waals surface area contributed by atoms with Gasteiger partial charge in [-0.2, -0.15) is 0 Å². The van der Waals surface area contributed by atoms with E-state index in [1.54, 1.807) is 0 Å². The van der Waals surface area contributed by atoms with Gasteiger partial charge in [-0.05, 0) is 37.8 Å². The fraction of sp³-hybridized carbons (Fsp3) is 0.647. The fourth-order valence-corrected chi connectivity index (χ4v) is 2.79. The number of rotatable bonds is 7. The van der Waals surface area contributed by atoms with E-state index >= 15 is 0 Å². The van der Waals surface area contributed by atoms with E-state index in [2.05, 4.69) is 29.5 Å². The van der Waals surface area contributed by atoms with Gasteiger partial charge < -0.3 is 10.6 Å². The third kappa shape index (κ3) is 4.73. The highest BCUT2D eigenvalue weighted by molar-refractivity contribution is 5.95. The van der Waals surface area contributed by atoms with Crippen molar-refractivity contribution in [2.45, 2.75) is 64.8 Å². The van der Waals surface area contributed by atoms with Crippen LogP contribution < -0.4 is 10.6 Å². The van der Waals surface area contributed by atoms with E-state index in [1.165, 1.54) is 12.8 Å². The second kappa shape index (κ2) is 8.01. The maximum Gasteiger partial charge on any atom is 0.251 e. The Labute approximate surface area is 127 Å². The zero-order valence-electron chi connectivity index (χ0n) is 13.2. The molecule has 1 fully saturated rings. The first kappa shape index (κ1) is 15.8. The molecule has 0 atom stereocenters. The van der Waals surface area contributed by atoms with Gasteiger partial charge in [0.1, 0.15) is 5.82 Å². The maximum atomic E-state index is 12.4. The first-order chi connectivity index (χ1) is 10.2. The summed E-state index contributed by atoms with van der Waals surface area (Å²) in [5, 5.41) is 6.44. The van der Waals surface area contributed by atoms with Crippen molar-refractivity contribution in [2.24, 2.45) is 0 Å². The lowest BCUT2D eigenvalue weighted by molar-refractivity contribution is 0.0937. The summed E-state index contributed by atoms with van der Waals surface area (Å²) in [6, 6.07) is 4.16. The van der Waals surface area contributed by atoms with Crippen molar-refractivity contribution < 1.29 is 4.79 Å². The van der Waals surface area contributed by atoms with Gasteiger partial charge in [-0.1, -0.05) is 33.1 Å². The normalized spacial score (nSPS) is 15.1. The quantitative estimate of drug-likeness (QED) is 0.807. The van der Waals surface area contributed by atoms with Crippen LogP contribution in [0.4, 0.5) is 5.82 Å². The smallest absolute Gasteiger partial charge is 0.251 e. The number of pyridine rings is 1. The van der Waals surface area contributed by atoms with E-state index in [0.717, 1.165) is 55.7 Å². The van der Waals surface area contributed by atoms with Crippen molar-refractivity contribution in [2.75, 3.05) is 11.9 Å². The zero-order chi connectivity index (χ0) is 15.1. The van der Waals surface area contributed by atoms with Gasteiger partial charge in [-0.25, -0.2) is 4.98 Å². The third-order valence-electron chi connectivity index (χ3n) is 3.89. The third-order valence-corrected chi connectivity index (χ3v) is 3.89. The molecule has 1 saturated carbocycles. The van der Waals surface area contributed by atoms with E-state index in [1.807, 2.05) is 12.1 Å². The van der Waals surface area contributed by atoms with Crippen molar-refractivity contribution >= 4 is 11.7 Å². The van der Waals surface area contributed by atoms with Gasteiger partial charge >= 0.3 is 0 Å². The molecule has 0 aromatic carbocycles. The van der Waals surface area contributed by atoms with Gasteiger partial charge in [0, 0.05) is 23.8 Å². The molecule has 1 aromatic rings. The second-order valence-electron chi connectivity index (χ2n) is 5.86. The summed E-state index contributed by atoms with van der Waals surface area (Å²) >= 11 is 0. The number of hydrogen-bond acceptors (Lipinski definition) is 3. The van der Waals surface area contributed by atoms with Crippen molar-refractivity contribution in [1.29, 1.82) is 0 Å².